The van der Waals surface area contributed by atoms with Crippen molar-refractivity contribution in [3.05, 3.63) is 88.7 Å². The molecule has 1 N–H and O–H groups in total. The lowest BCUT2D eigenvalue weighted by molar-refractivity contribution is 0.102. The van der Waals surface area contributed by atoms with E-state index in [1.807, 2.05) is 47.1 Å². The highest BCUT2D eigenvalue weighted by molar-refractivity contribution is 6.42. The Hall–Kier alpha value is -2.82. The zero-order chi connectivity index (χ0) is 18.1. The fourth-order valence-electron chi connectivity index (χ4n) is 2.65. The molecule has 4 aromatic rings. The lowest BCUT2D eigenvalue weighted by Gasteiger charge is -2.06. The number of nitrogens with zero attached hydrogens (tertiary/aromatic N) is 2. The van der Waals surface area contributed by atoms with E-state index in [2.05, 4.69) is 10.3 Å². The van der Waals surface area contributed by atoms with Crippen LogP contribution in [0.15, 0.2) is 73.1 Å². The Bertz CT molecular complexity index is 1110. The number of carbonyl (C=O) groups excluding carboxylic acids is 1. The standard InChI is InChI=1S/C20H13Cl2N3O/c21-16-7-6-15(11-17(16)22)23-20(26)14-8-9-25-12-18(24-19(25)10-14)13-4-2-1-3-5-13/h1-12H,(H,23,26). The number of carbonyl (C=O) groups is 1. The molecular weight excluding hydrogens is 369 g/mol. The summed E-state index contributed by atoms with van der Waals surface area (Å²) in [5.41, 5.74) is 3.67. The number of hydrogen-bond donors (Lipinski definition) is 1. The maximum absolute atomic E-state index is 12.5. The molecule has 6 heteroatoms. The van der Waals surface area contributed by atoms with E-state index in [0.717, 1.165) is 11.3 Å². The zero-order valence-corrected chi connectivity index (χ0v) is 15.0. The van der Waals surface area contributed by atoms with Crippen LogP contribution in [0.1, 0.15) is 10.4 Å². The third kappa shape index (κ3) is 3.29. The highest BCUT2D eigenvalue weighted by Gasteiger charge is 2.10. The minimum Gasteiger partial charge on any atom is -0.322 e. The Morgan fingerprint density at radius 1 is 0.962 bits per heavy atom. The van der Waals surface area contributed by atoms with Gasteiger partial charge in [-0.3, -0.25) is 4.79 Å². The normalized spacial score (nSPS) is 10.8. The molecule has 0 saturated carbocycles. The molecule has 0 unspecified atom stereocenters. The minimum atomic E-state index is -0.241. The second kappa shape index (κ2) is 6.83. The van der Waals surface area contributed by atoms with Crippen LogP contribution in [0.5, 0.6) is 0 Å². The van der Waals surface area contributed by atoms with Crippen molar-refractivity contribution in [2.45, 2.75) is 0 Å². The van der Waals surface area contributed by atoms with Gasteiger partial charge in [0.15, 0.2) is 0 Å². The van der Waals surface area contributed by atoms with Crippen molar-refractivity contribution < 1.29 is 4.79 Å². The van der Waals surface area contributed by atoms with E-state index in [1.54, 1.807) is 30.3 Å². The summed E-state index contributed by atoms with van der Waals surface area (Å²) in [6.07, 6.45) is 3.75. The third-order valence-electron chi connectivity index (χ3n) is 3.97. The van der Waals surface area contributed by atoms with E-state index in [0.29, 0.717) is 26.9 Å². The number of aromatic nitrogens is 2. The first kappa shape index (κ1) is 16.6. The van der Waals surface area contributed by atoms with E-state index in [4.69, 9.17) is 23.2 Å². The molecule has 2 aromatic heterocycles. The second-order valence-electron chi connectivity index (χ2n) is 5.76. The largest absolute Gasteiger partial charge is 0.322 e. The lowest BCUT2D eigenvalue weighted by atomic mass is 10.2. The van der Waals surface area contributed by atoms with Crippen LogP contribution in [0.3, 0.4) is 0 Å². The lowest BCUT2D eigenvalue weighted by Crippen LogP contribution is -2.12. The van der Waals surface area contributed by atoms with Crippen LogP contribution in [0.25, 0.3) is 16.9 Å². The molecule has 0 atom stereocenters. The van der Waals surface area contributed by atoms with Crippen LogP contribution in [0, 0.1) is 0 Å². The summed E-state index contributed by atoms with van der Waals surface area (Å²) in [6.45, 7) is 0. The van der Waals surface area contributed by atoms with E-state index in [1.165, 1.54) is 0 Å². The van der Waals surface area contributed by atoms with E-state index >= 15 is 0 Å². The molecule has 4 rings (SSSR count). The minimum absolute atomic E-state index is 0.241. The van der Waals surface area contributed by atoms with Crippen LogP contribution in [-0.4, -0.2) is 15.3 Å². The molecule has 0 aliphatic rings. The fourth-order valence-corrected chi connectivity index (χ4v) is 2.95. The van der Waals surface area contributed by atoms with E-state index in [9.17, 15) is 4.79 Å². The summed E-state index contributed by atoms with van der Waals surface area (Å²) in [6, 6.07) is 18.4. The van der Waals surface area contributed by atoms with E-state index < -0.39 is 0 Å². The average Bonchev–Trinajstić information content (AvgIpc) is 3.09. The van der Waals surface area contributed by atoms with Crippen molar-refractivity contribution in [1.29, 1.82) is 0 Å². The second-order valence-corrected chi connectivity index (χ2v) is 6.57. The molecule has 0 spiro atoms. The first-order valence-electron chi connectivity index (χ1n) is 7.91. The summed E-state index contributed by atoms with van der Waals surface area (Å²) < 4.78 is 1.89. The summed E-state index contributed by atoms with van der Waals surface area (Å²) in [5.74, 6) is -0.241. The van der Waals surface area contributed by atoms with Gasteiger partial charge in [-0.15, -0.1) is 0 Å². The monoisotopic (exact) mass is 381 g/mol. The Morgan fingerprint density at radius 3 is 2.54 bits per heavy atom. The quantitative estimate of drug-likeness (QED) is 0.504. The predicted molar refractivity (Wildman–Crippen MR) is 105 cm³/mol. The van der Waals surface area contributed by atoms with Gasteiger partial charge in [-0.25, -0.2) is 4.98 Å². The number of anilines is 1. The van der Waals surface area contributed by atoms with Crippen LogP contribution in [-0.2, 0) is 0 Å². The first-order chi connectivity index (χ1) is 12.6. The van der Waals surface area contributed by atoms with Crippen molar-refractivity contribution in [2.75, 3.05) is 5.32 Å². The van der Waals surface area contributed by atoms with Gasteiger partial charge in [0.2, 0.25) is 0 Å². The van der Waals surface area contributed by atoms with Crippen molar-refractivity contribution in [1.82, 2.24) is 9.38 Å². The van der Waals surface area contributed by atoms with Gasteiger partial charge >= 0.3 is 0 Å². The van der Waals surface area contributed by atoms with Crippen LogP contribution >= 0.6 is 23.2 Å². The molecule has 0 aliphatic carbocycles. The van der Waals surface area contributed by atoms with Crippen LogP contribution in [0.4, 0.5) is 5.69 Å². The van der Waals surface area contributed by atoms with Crippen molar-refractivity contribution in [2.24, 2.45) is 0 Å². The molecular formula is C20H13Cl2N3O. The van der Waals surface area contributed by atoms with Gasteiger partial charge in [0.1, 0.15) is 5.65 Å². The number of halogens is 2. The Balaban J connectivity index is 1.62. The topological polar surface area (TPSA) is 46.4 Å². The average molecular weight is 382 g/mol. The maximum atomic E-state index is 12.5. The summed E-state index contributed by atoms with van der Waals surface area (Å²) >= 11 is 11.9. The molecule has 0 aliphatic heterocycles. The molecule has 0 fully saturated rings. The molecule has 0 bridgehead atoms. The predicted octanol–water partition coefficient (Wildman–Crippen LogP) is 5.56. The molecule has 1 amide bonds. The highest BCUT2D eigenvalue weighted by atomic mass is 35.5. The molecule has 0 saturated heterocycles. The third-order valence-corrected chi connectivity index (χ3v) is 4.71. The summed E-state index contributed by atoms with van der Waals surface area (Å²) in [7, 11) is 0. The number of nitrogens with one attached hydrogen (secondary N) is 1. The Kier molecular flexibility index (Phi) is 4.37. The molecule has 4 nitrogen and oxygen atoms in total. The van der Waals surface area contributed by atoms with Gasteiger partial charge in [0.25, 0.3) is 5.91 Å². The number of amides is 1. The maximum Gasteiger partial charge on any atom is 0.255 e. The SMILES string of the molecule is O=C(Nc1ccc(Cl)c(Cl)c1)c1ccn2cc(-c3ccccc3)nc2c1. The zero-order valence-electron chi connectivity index (χ0n) is 13.5. The molecule has 2 heterocycles. The van der Waals surface area contributed by atoms with Crippen LogP contribution < -0.4 is 5.32 Å². The first-order valence-corrected chi connectivity index (χ1v) is 8.66. The van der Waals surface area contributed by atoms with E-state index in [-0.39, 0.29) is 5.91 Å². The van der Waals surface area contributed by atoms with Gasteiger partial charge in [0, 0.05) is 29.2 Å². The Morgan fingerprint density at radius 2 is 1.77 bits per heavy atom. The van der Waals surface area contributed by atoms with Gasteiger partial charge in [0.05, 0.1) is 15.7 Å². The fraction of sp³-hybridized carbons (Fsp3) is 0. The molecule has 0 radical (unpaired) electrons. The van der Waals surface area contributed by atoms with Crippen molar-refractivity contribution in [3.63, 3.8) is 0 Å². The number of imidazole rings is 1. The summed E-state index contributed by atoms with van der Waals surface area (Å²) in [5, 5.41) is 3.64. The number of pyridine rings is 1. The molecule has 26 heavy (non-hydrogen) atoms. The molecule has 2 aromatic carbocycles. The number of benzene rings is 2. The van der Waals surface area contributed by atoms with Crippen molar-refractivity contribution >= 4 is 40.4 Å². The number of fused-ring (bicyclic) bond motifs is 1. The van der Waals surface area contributed by atoms with Gasteiger partial charge in [-0.1, -0.05) is 53.5 Å². The smallest absolute Gasteiger partial charge is 0.255 e. The van der Waals surface area contributed by atoms with Gasteiger partial charge in [-0.05, 0) is 30.3 Å². The van der Waals surface area contributed by atoms with Gasteiger partial charge in [-0.2, -0.15) is 0 Å². The van der Waals surface area contributed by atoms with Gasteiger partial charge < -0.3 is 9.72 Å². The molecule has 128 valence electrons. The Labute approximate surface area is 160 Å². The van der Waals surface area contributed by atoms with Crippen molar-refractivity contribution in [3.8, 4) is 11.3 Å². The number of rotatable bonds is 3. The van der Waals surface area contributed by atoms with Crippen LogP contribution in [0.2, 0.25) is 10.0 Å². The number of hydrogen-bond acceptors (Lipinski definition) is 2. The summed E-state index contributed by atoms with van der Waals surface area (Å²) in [4.78, 5) is 17.1. The highest BCUT2D eigenvalue weighted by Crippen LogP contribution is 2.25.